The molecule has 0 radical (unpaired) electrons. The summed E-state index contributed by atoms with van der Waals surface area (Å²) in [6, 6.07) is 3.89. The molecule has 0 saturated carbocycles. The number of nitrogens with one attached hydrogen (secondary N) is 1. The second-order valence-electron chi connectivity index (χ2n) is 4.99. The van der Waals surface area contributed by atoms with Crippen LogP contribution in [0, 0.1) is 6.92 Å². The molecule has 0 saturated heterocycles. The molecule has 114 valence electrons. The zero-order chi connectivity index (χ0) is 15.6. The van der Waals surface area contributed by atoms with E-state index in [0.29, 0.717) is 10.0 Å². The Kier molecular flexibility index (Phi) is 5.25. The smallest absolute Gasteiger partial charge is 0.103 e. The van der Waals surface area contributed by atoms with E-state index in [1.165, 1.54) is 0 Å². The Morgan fingerprint density at radius 3 is 2.52 bits per heavy atom. The molecule has 2 rings (SSSR count). The van der Waals surface area contributed by atoms with Crippen LogP contribution in [0.25, 0.3) is 5.69 Å². The Balaban J connectivity index is 2.58. The largest absolute Gasteiger partial charge is 0.312 e. The van der Waals surface area contributed by atoms with Crippen LogP contribution >= 0.6 is 23.2 Å². The van der Waals surface area contributed by atoms with Crippen LogP contribution in [0.3, 0.4) is 0 Å². The maximum atomic E-state index is 6.36. The van der Waals surface area contributed by atoms with Gasteiger partial charge in [-0.1, -0.05) is 42.3 Å². The lowest BCUT2D eigenvalue weighted by atomic mass is 10.1. The van der Waals surface area contributed by atoms with E-state index in [1.54, 1.807) is 4.68 Å². The van der Waals surface area contributed by atoms with Gasteiger partial charge in [0.05, 0.1) is 22.4 Å². The van der Waals surface area contributed by atoms with Crippen molar-refractivity contribution in [1.82, 2.24) is 20.3 Å². The molecule has 0 aliphatic carbocycles. The summed E-state index contributed by atoms with van der Waals surface area (Å²) in [5.74, 6) is 0. The third-order valence-electron chi connectivity index (χ3n) is 3.67. The van der Waals surface area contributed by atoms with Gasteiger partial charge in [-0.3, -0.25) is 0 Å². The minimum absolute atomic E-state index is 0.188. The van der Waals surface area contributed by atoms with Crippen LogP contribution in [0.2, 0.25) is 10.0 Å². The molecule has 0 aliphatic heterocycles. The summed E-state index contributed by atoms with van der Waals surface area (Å²) in [7, 11) is 1.93. The minimum Gasteiger partial charge on any atom is -0.312 e. The fourth-order valence-electron chi connectivity index (χ4n) is 2.44. The van der Waals surface area contributed by atoms with Gasteiger partial charge in [-0.2, -0.15) is 0 Å². The van der Waals surface area contributed by atoms with Gasteiger partial charge in [-0.25, -0.2) is 4.68 Å². The molecule has 21 heavy (non-hydrogen) atoms. The van der Waals surface area contributed by atoms with E-state index in [4.69, 9.17) is 23.2 Å². The monoisotopic (exact) mass is 326 g/mol. The Morgan fingerprint density at radius 2 is 1.95 bits per heavy atom. The summed E-state index contributed by atoms with van der Waals surface area (Å²) in [5, 5.41) is 13.2. The number of halogens is 2. The summed E-state index contributed by atoms with van der Waals surface area (Å²) in [4.78, 5) is 0. The lowest BCUT2D eigenvalue weighted by Gasteiger charge is -2.14. The number of hydrogen-bond acceptors (Lipinski definition) is 3. The quantitative estimate of drug-likeness (QED) is 0.898. The van der Waals surface area contributed by atoms with Gasteiger partial charge in [-0.15, -0.1) is 5.10 Å². The molecule has 0 amide bonds. The minimum atomic E-state index is 0.188. The molecule has 0 aliphatic rings. The van der Waals surface area contributed by atoms with Crippen molar-refractivity contribution in [3.63, 3.8) is 0 Å². The number of nitrogens with zero attached hydrogens (tertiary/aromatic N) is 3. The third kappa shape index (κ3) is 3.07. The van der Waals surface area contributed by atoms with Crippen LogP contribution in [0.5, 0.6) is 0 Å². The van der Waals surface area contributed by atoms with E-state index in [9.17, 15) is 0 Å². The summed E-state index contributed by atoms with van der Waals surface area (Å²) in [5.41, 5.74) is 3.74. The average Bonchev–Trinajstić information content (AvgIpc) is 2.88. The highest BCUT2D eigenvalue weighted by molar-refractivity contribution is 6.35. The average molecular weight is 327 g/mol. The zero-order valence-corrected chi connectivity index (χ0v) is 14.3. The maximum absolute atomic E-state index is 6.36. The van der Waals surface area contributed by atoms with Crippen LogP contribution in [0.1, 0.15) is 43.3 Å². The molecule has 4 nitrogen and oxygen atoms in total. The van der Waals surface area contributed by atoms with Crippen molar-refractivity contribution in [2.45, 2.75) is 39.7 Å². The molecule has 2 aromatic rings. The normalized spacial score (nSPS) is 12.7. The Morgan fingerprint density at radius 1 is 1.24 bits per heavy atom. The van der Waals surface area contributed by atoms with Gasteiger partial charge < -0.3 is 5.32 Å². The van der Waals surface area contributed by atoms with Crippen molar-refractivity contribution in [1.29, 1.82) is 0 Å². The SMILES string of the molecule is CCc1c(C(CC)NC)nnn1-c1cc(Cl)c(C)cc1Cl. The van der Waals surface area contributed by atoms with Crippen LogP contribution in [0.4, 0.5) is 0 Å². The highest BCUT2D eigenvalue weighted by atomic mass is 35.5. The second kappa shape index (κ2) is 6.77. The first-order chi connectivity index (χ1) is 10.0. The fourth-order valence-corrected chi connectivity index (χ4v) is 2.90. The van der Waals surface area contributed by atoms with Crippen LogP contribution in [-0.4, -0.2) is 22.0 Å². The van der Waals surface area contributed by atoms with Crippen molar-refractivity contribution in [3.05, 3.63) is 39.1 Å². The molecule has 1 heterocycles. The van der Waals surface area contributed by atoms with Gasteiger partial charge in [0.2, 0.25) is 0 Å². The van der Waals surface area contributed by atoms with E-state index in [0.717, 1.165) is 35.5 Å². The van der Waals surface area contributed by atoms with Crippen molar-refractivity contribution >= 4 is 23.2 Å². The molecule has 0 fully saturated rings. The second-order valence-corrected chi connectivity index (χ2v) is 5.80. The third-order valence-corrected chi connectivity index (χ3v) is 4.38. The number of aromatic nitrogens is 3. The number of benzene rings is 1. The van der Waals surface area contributed by atoms with Crippen LogP contribution < -0.4 is 5.32 Å². The van der Waals surface area contributed by atoms with Crippen molar-refractivity contribution in [2.75, 3.05) is 7.05 Å². The van der Waals surface area contributed by atoms with E-state index in [-0.39, 0.29) is 6.04 Å². The van der Waals surface area contributed by atoms with Gasteiger partial charge in [0, 0.05) is 5.02 Å². The molecular weight excluding hydrogens is 307 g/mol. The van der Waals surface area contributed by atoms with E-state index in [2.05, 4.69) is 29.5 Å². The number of rotatable bonds is 5. The maximum Gasteiger partial charge on any atom is 0.103 e. The zero-order valence-electron chi connectivity index (χ0n) is 12.7. The number of hydrogen-bond donors (Lipinski definition) is 1. The fraction of sp³-hybridized carbons (Fsp3) is 0.467. The van der Waals surface area contributed by atoms with Crippen molar-refractivity contribution in [3.8, 4) is 5.69 Å². The Hall–Kier alpha value is -1.10. The summed E-state index contributed by atoms with van der Waals surface area (Å²) >= 11 is 12.6. The van der Waals surface area contributed by atoms with Crippen LogP contribution in [-0.2, 0) is 6.42 Å². The molecule has 0 spiro atoms. The summed E-state index contributed by atoms with van der Waals surface area (Å²) in [6.45, 7) is 6.14. The molecule has 0 bridgehead atoms. The van der Waals surface area contributed by atoms with Gasteiger partial charge in [0.15, 0.2) is 0 Å². The lowest BCUT2D eigenvalue weighted by Crippen LogP contribution is -2.17. The first kappa shape index (κ1) is 16.3. The lowest BCUT2D eigenvalue weighted by molar-refractivity contribution is 0.555. The van der Waals surface area contributed by atoms with Crippen molar-refractivity contribution < 1.29 is 0 Å². The molecule has 1 unspecified atom stereocenters. The Bertz CT molecular complexity index is 633. The summed E-state index contributed by atoms with van der Waals surface area (Å²) < 4.78 is 1.79. The Labute approximate surface area is 135 Å². The topological polar surface area (TPSA) is 42.7 Å². The molecule has 1 N–H and O–H groups in total. The standard InChI is InChI=1S/C15H20Cl2N4/c1-5-12(18-4)15-13(6-2)21(20-19-15)14-8-10(16)9(3)7-11(14)17/h7-8,12,18H,5-6H2,1-4H3. The van der Waals surface area contributed by atoms with Gasteiger partial charge in [0.25, 0.3) is 0 Å². The van der Waals surface area contributed by atoms with Gasteiger partial charge >= 0.3 is 0 Å². The van der Waals surface area contributed by atoms with Crippen molar-refractivity contribution in [2.24, 2.45) is 0 Å². The van der Waals surface area contributed by atoms with E-state index < -0.39 is 0 Å². The molecular formula is C15H20Cl2N4. The van der Waals surface area contributed by atoms with Gasteiger partial charge in [0.1, 0.15) is 5.69 Å². The predicted octanol–water partition coefficient (Wildman–Crippen LogP) is 4.12. The highest BCUT2D eigenvalue weighted by Gasteiger charge is 2.20. The summed E-state index contributed by atoms with van der Waals surface area (Å²) in [6.07, 6.45) is 1.77. The number of aryl methyl sites for hydroxylation is 1. The highest BCUT2D eigenvalue weighted by Crippen LogP contribution is 2.29. The first-order valence-electron chi connectivity index (χ1n) is 7.11. The van der Waals surface area contributed by atoms with Crippen LogP contribution in [0.15, 0.2) is 12.1 Å². The van der Waals surface area contributed by atoms with Gasteiger partial charge in [-0.05, 0) is 44.5 Å². The molecule has 1 aromatic carbocycles. The molecule has 1 atom stereocenters. The molecule has 6 heteroatoms. The van der Waals surface area contributed by atoms with E-state index >= 15 is 0 Å². The first-order valence-corrected chi connectivity index (χ1v) is 7.86. The molecule has 1 aromatic heterocycles. The predicted molar refractivity (Wildman–Crippen MR) is 87.6 cm³/mol. The van der Waals surface area contributed by atoms with E-state index in [1.807, 2.05) is 26.1 Å².